The third-order valence-corrected chi connectivity index (χ3v) is 5.34. The summed E-state index contributed by atoms with van der Waals surface area (Å²) in [6, 6.07) is 16.4. The van der Waals surface area contributed by atoms with Crippen molar-refractivity contribution in [1.29, 1.82) is 0 Å². The van der Waals surface area contributed by atoms with Gasteiger partial charge in [-0.2, -0.15) is 0 Å². The zero-order valence-electron chi connectivity index (χ0n) is 18.7. The molecule has 0 saturated carbocycles. The van der Waals surface area contributed by atoms with Gasteiger partial charge < -0.3 is 24.3 Å². The van der Waals surface area contributed by atoms with Gasteiger partial charge in [0.05, 0.1) is 0 Å². The Balaban J connectivity index is 1.63. The smallest absolute Gasteiger partial charge is 0.188 e. The second-order valence-corrected chi connectivity index (χ2v) is 7.62. The predicted octanol–water partition coefficient (Wildman–Crippen LogP) is 2.56. The fraction of sp³-hybridized carbons (Fsp3) is 0.500. The molecule has 0 aromatic heterocycles. The van der Waals surface area contributed by atoms with Crippen molar-refractivity contribution in [2.75, 3.05) is 67.1 Å². The summed E-state index contributed by atoms with van der Waals surface area (Å²) in [6.07, 6.45) is 0. The van der Waals surface area contributed by atoms with Crippen LogP contribution in [0.1, 0.15) is 11.1 Å². The van der Waals surface area contributed by atoms with Crippen molar-refractivity contribution in [1.82, 2.24) is 15.1 Å². The van der Waals surface area contributed by atoms with E-state index in [1.54, 1.807) is 14.2 Å². The van der Waals surface area contributed by atoms with Crippen molar-refractivity contribution < 1.29 is 18.9 Å². The van der Waals surface area contributed by atoms with Crippen molar-refractivity contribution in [2.24, 2.45) is 0 Å². The van der Waals surface area contributed by atoms with Crippen LogP contribution < -0.4 is 14.8 Å². The lowest BCUT2D eigenvalue weighted by Crippen LogP contribution is -2.35. The summed E-state index contributed by atoms with van der Waals surface area (Å²) in [6.45, 7) is 8.15. The van der Waals surface area contributed by atoms with Gasteiger partial charge in [0.2, 0.25) is 0 Å². The molecule has 7 heteroatoms. The Morgan fingerprint density at radius 2 is 1.13 bits per heavy atom. The highest BCUT2D eigenvalue weighted by Gasteiger charge is 2.16. The van der Waals surface area contributed by atoms with E-state index in [2.05, 4.69) is 39.4 Å². The molecule has 0 atom stereocenters. The summed E-state index contributed by atoms with van der Waals surface area (Å²) in [5, 5.41) is 3.57. The first-order valence-corrected chi connectivity index (χ1v) is 10.8. The Morgan fingerprint density at radius 1 is 0.677 bits per heavy atom. The Morgan fingerprint density at radius 3 is 1.58 bits per heavy atom. The van der Waals surface area contributed by atoms with E-state index in [-0.39, 0.29) is 13.6 Å². The highest BCUT2D eigenvalue weighted by Crippen LogP contribution is 2.22. The van der Waals surface area contributed by atoms with Crippen LogP contribution in [-0.4, -0.2) is 76.9 Å². The van der Waals surface area contributed by atoms with Crippen molar-refractivity contribution in [3.63, 3.8) is 0 Å². The highest BCUT2D eigenvalue weighted by atomic mass is 16.7. The first-order valence-electron chi connectivity index (χ1n) is 10.8. The van der Waals surface area contributed by atoms with Crippen LogP contribution >= 0.6 is 0 Å². The van der Waals surface area contributed by atoms with Gasteiger partial charge >= 0.3 is 0 Å². The molecule has 1 aliphatic heterocycles. The van der Waals surface area contributed by atoms with Crippen LogP contribution in [-0.2, 0) is 22.6 Å². The largest absolute Gasteiger partial charge is 0.467 e. The fourth-order valence-electron chi connectivity index (χ4n) is 3.70. The third kappa shape index (κ3) is 7.79. The molecule has 1 saturated heterocycles. The number of nitrogens with one attached hydrogen (secondary N) is 1. The second kappa shape index (κ2) is 13.3. The van der Waals surface area contributed by atoms with E-state index in [1.165, 1.54) is 11.1 Å². The fourth-order valence-corrected chi connectivity index (χ4v) is 3.70. The standard InChI is InChI=1S/C24H35N3O4/c1-28-19-30-23-9-5-3-7-21(23)17-26-13-11-25-12-14-27(16-15-26)18-22-8-4-6-10-24(22)31-20-29-2/h3-10,25H,11-20H2,1-2H3. The van der Waals surface area contributed by atoms with E-state index in [4.69, 9.17) is 18.9 Å². The molecule has 7 nitrogen and oxygen atoms in total. The van der Waals surface area contributed by atoms with Gasteiger partial charge in [0, 0.05) is 77.7 Å². The number of rotatable bonds is 10. The average Bonchev–Trinajstić information content (AvgIpc) is 2.90. The maximum atomic E-state index is 5.75. The first kappa shape index (κ1) is 23.5. The lowest BCUT2D eigenvalue weighted by molar-refractivity contribution is 0.0493. The van der Waals surface area contributed by atoms with Crippen molar-refractivity contribution in [3.8, 4) is 11.5 Å². The maximum absolute atomic E-state index is 5.75. The van der Waals surface area contributed by atoms with Gasteiger partial charge in [-0.3, -0.25) is 9.80 Å². The lowest BCUT2D eigenvalue weighted by Gasteiger charge is -2.27. The van der Waals surface area contributed by atoms with E-state index >= 15 is 0 Å². The third-order valence-electron chi connectivity index (χ3n) is 5.34. The molecule has 2 aromatic rings. The number of benzene rings is 2. The molecule has 2 aromatic carbocycles. The van der Waals surface area contributed by atoms with E-state index in [9.17, 15) is 0 Å². The number of para-hydroxylation sites is 2. The molecule has 0 unspecified atom stereocenters. The molecular weight excluding hydrogens is 394 g/mol. The molecule has 170 valence electrons. The van der Waals surface area contributed by atoms with Gasteiger partial charge in [-0.25, -0.2) is 0 Å². The van der Waals surface area contributed by atoms with Crippen molar-refractivity contribution in [3.05, 3.63) is 59.7 Å². The van der Waals surface area contributed by atoms with Gasteiger partial charge in [-0.15, -0.1) is 0 Å². The summed E-state index contributed by atoms with van der Waals surface area (Å²) >= 11 is 0. The monoisotopic (exact) mass is 429 g/mol. The van der Waals surface area contributed by atoms with Crippen LogP contribution in [0.15, 0.2) is 48.5 Å². The maximum Gasteiger partial charge on any atom is 0.188 e. The SMILES string of the molecule is COCOc1ccccc1CN1CCNCCN(Cc2ccccc2OCOC)CC1. The zero-order chi connectivity index (χ0) is 21.7. The molecule has 1 fully saturated rings. The molecule has 1 aliphatic rings. The van der Waals surface area contributed by atoms with E-state index in [0.29, 0.717) is 0 Å². The lowest BCUT2D eigenvalue weighted by atomic mass is 10.1. The van der Waals surface area contributed by atoms with Gasteiger partial charge in [0.15, 0.2) is 13.6 Å². The van der Waals surface area contributed by atoms with Crippen LogP contribution in [0.2, 0.25) is 0 Å². The Hall–Kier alpha value is -2.16. The minimum atomic E-state index is 0.261. The summed E-state index contributed by atoms with van der Waals surface area (Å²) in [5.74, 6) is 1.77. The second-order valence-electron chi connectivity index (χ2n) is 7.62. The molecule has 0 bridgehead atoms. The number of methoxy groups -OCH3 is 2. The van der Waals surface area contributed by atoms with Crippen LogP contribution in [0.25, 0.3) is 0 Å². The minimum Gasteiger partial charge on any atom is -0.467 e. The molecule has 31 heavy (non-hydrogen) atoms. The molecule has 0 radical (unpaired) electrons. The van der Waals surface area contributed by atoms with Crippen LogP contribution in [0, 0.1) is 0 Å². The molecule has 0 amide bonds. The van der Waals surface area contributed by atoms with E-state index in [1.807, 2.05) is 24.3 Å². The predicted molar refractivity (Wildman–Crippen MR) is 121 cm³/mol. The van der Waals surface area contributed by atoms with Crippen molar-refractivity contribution in [2.45, 2.75) is 13.1 Å². The first-order chi connectivity index (χ1) is 15.3. The van der Waals surface area contributed by atoms with Gasteiger partial charge in [-0.1, -0.05) is 36.4 Å². The van der Waals surface area contributed by atoms with E-state index < -0.39 is 0 Å². The van der Waals surface area contributed by atoms with Crippen LogP contribution in [0.4, 0.5) is 0 Å². The molecule has 1 heterocycles. The number of hydrogen-bond acceptors (Lipinski definition) is 7. The normalized spacial score (nSPS) is 16.3. The molecule has 0 spiro atoms. The minimum absolute atomic E-state index is 0.261. The topological polar surface area (TPSA) is 55.4 Å². The number of ether oxygens (including phenoxy) is 4. The summed E-state index contributed by atoms with van der Waals surface area (Å²) < 4.78 is 21.7. The Bertz CT molecular complexity index is 710. The average molecular weight is 430 g/mol. The van der Waals surface area contributed by atoms with Gasteiger partial charge in [0.25, 0.3) is 0 Å². The van der Waals surface area contributed by atoms with Gasteiger partial charge in [0.1, 0.15) is 11.5 Å². The number of hydrogen-bond donors (Lipinski definition) is 1. The van der Waals surface area contributed by atoms with Crippen LogP contribution in [0.3, 0.4) is 0 Å². The van der Waals surface area contributed by atoms with Gasteiger partial charge in [-0.05, 0) is 12.1 Å². The quantitative estimate of drug-likeness (QED) is 0.583. The summed E-state index contributed by atoms with van der Waals surface area (Å²) in [5.41, 5.74) is 2.37. The zero-order valence-corrected chi connectivity index (χ0v) is 18.7. The summed E-state index contributed by atoms with van der Waals surface area (Å²) in [7, 11) is 3.28. The number of nitrogens with zero attached hydrogens (tertiary/aromatic N) is 2. The Labute approximate surface area is 185 Å². The molecular formula is C24H35N3O4. The summed E-state index contributed by atoms with van der Waals surface area (Å²) in [4.78, 5) is 4.96. The van der Waals surface area contributed by atoms with Crippen molar-refractivity contribution >= 4 is 0 Å². The highest BCUT2D eigenvalue weighted by molar-refractivity contribution is 5.34. The van der Waals surface area contributed by atoms with Crippen LogP contribution in [0.5, 0.6) is 11.5 Å². The molecule has 0 aliphatic carbocycles. The molecule has 1 N–H and O–H groups in total. The molecule has 3 rings (SSSR count). The Kier molecular flexibility index (Phi) is 10.1. The van der Waals surface area contributed by atoms with E-state index in [0.717, 1.165) is 63.9 Å².